The average Bonchev–Trinajstić information content (AvgIpc) is 3.67. The van der Waals surface area contributed by atoms with E-state index in [1.807, 2.05) is 55.5 Å². The Bertz CT molecular complexity index is 3080. The SMILES string of the molecule is [2H]C([2H])([2H])c1ccc(-c2ccnc(-c3cc(-c4ccccc4)cc(-c4cccc5c4nc(-c4cc(C)cc(C)c4O)n5-c4ccc(-c5ccccc5)c(CC(C)C)c4)c3)c2)cc1. The molecule has 7 aromatic carbocycles. The van der Waals surface area contributed by atoms with E-state index in [0.717, 1.165) is 78.9 Å². The summed E-state index contributed by atoms with van der Waals surface area (Å²) in [7, 11) is 0. The third-order valence-electron chi connectivity index (χ3n) is 11.1. The molecule has 0 aliphatic carbocycles. The minimum atomic E-state index is -2.17. The topological polar surface area (TPSA) is 50.9 Å². The zero-order chi connectivity index (χ0) is 43.1. The van der Waals surface area contributed by atoms with Gasteiger partial charge in [-0.3, -0.25) is 9.55 Å². The van der Waals surface area contributed by atoms with Gasteiger partial charge >= 0.3 is 0 Å². The van der Waals surface area contributed by atoms with Crippen LogP contribution in [0.2, 0.25) is 0 Å². The fraction of sp³-hybridized carbons (Fsp3) is 0.127. The Kier molecular flexibility index (Phi) is 9.07. The molecule has 4 heteroatoms. The maximum absolute atomic E-state index is 11.7. The zero-order valence-electron chi connectivity index (χ0n) is 36.7. The summed E-state index contributed by atoms with van der Waals surface area (Å²) in [5.41, 5.74) is 16.8. The average molecular weight is 769 g/mol. The minimum Gasteiger partial charge on any atom is -0.507 e. The summed E-state index contributed by atoms with van der Waals surface area (Å²) in [5.74, 6) is 1.31. The summed E-state index contributed by atoms with van der Waals surface area (Å²) >= 11 is 0. The van der Waals surface area contributed by atoms with Gasteiger partial charge < -0.3 is 5.11 Å². The van der Waals surface area contributed by atoms with Crippen molar-refractivity contribution in [1.82, 2.24) is 14.5 Å². The fourth-order valence-electron chi connectivity index (χ4n) is 8.29. The number of aromatic nitrogens is 3. The van der Waals surface area contributed by atoms with Gasteiger partial charge in [0.2, 0.25) is 0 Å². The Morgan fingerprint density at radius 2 is 1.29 bits per heavy atom. The lowest BCUT2D eigenvalue weighted by atomic mass is 9.93. The van der Waals surface area contributed by atoms with Crippen LogP contribution in [-0.2, 0) is 6.42 Å². The fourth-order valence-corrected chi connectivity index (χ4v) is 8.29. The highest BCUT2D eigenvalue weighted by Gasteiger charge is 2.22. The van der Waals surface area contributed by atoms with Crippen LogP contribution >= 0.6 is 0 Å². The van der Waals surface area contributed by atoms with E-state index in [2.05, 4.69) is 128 Å². The second-order valence-electron chi connectivity index (χ2n) is 15.9. The van der Waals surface area contributed by atoms with Gasteiger partial charge in [0.25, 0.3) is 0 Å². The van der Waals surface area contributed by atoms with Crippen molar-refractivity contribution in [2.45, 2.75) is 41.0 Å². The Labute approximate surface area is 351 Å². The van der Waals surface area contributed by atoms with E-state index < -0.39 is 6.85 Å². The molecule has 0 atom stereocenters. The van der Waals surface area contributed by atoms with Gasteiger partial charge in [-0.25, -0.2) is 4.98 Å². The molecule has 0 saturated heterocycles. The lowest BCUT2D eigenvalue weighted by Gasteiger charge is -2.17. The predicted molar refractivity (Wildman–Crippen MR) is 246 cm³/mol. The van der Waals surface area contributed by atoms with Crippen LogP contribution in [0.25, 0.3) is 83.9 Å². The van der Waals surface area contributed by atoms with Crippen LogP contribution in [-0.4, -0.2) is 19.6 Å². The van der Waals surface area contributed by atoms with Crippen molar-refractivity contribution in [2.24, 2.45) is 5.92 Å². The molecule has 0 bridgehead atoms. The molecule has 9 aromatic rings. The van der Waals surface area contributed by atoms with Gasteiger partial charge in [-0.2, -0.15) is 0 Å². The number of rotatable bonds is 9. The molecular weight excluding hydrogens is 719 g/mol. The number of hydrogen-bond donors (Lipinski definition) is 1. The summed E-state index contributed by atoms with van der Waals surface area (Å²) in [5, 5.41) is 11.7. The molecule has 0 unspecified atom stereocenters. The van der Waals surface area contributed by atoms with Gasteiger partial charge in [-0.15, -0.1) is 0 Å². The lowest BCUT2D eigenvalue weighted by Crippen LogP contribution is -2.03. The van der Waals surface area contributed by atoms with E-state index >= 15 is 0 Å². The number of benzene rings is 7. The van der Waals surface area contributed by atoms with Crippen molar-refractivity contribution in [3.05, 3.63) is 192 Å². The number of pyridine rings is 1. The monoisotopic (exact) mass is 768 g/mol. The van der Waals surface area contributed by atoms with E-state index in [-0.39, 0.29) is 5.75 Å². The quantitative estimate of drug-likeness (QED) is 0.159. The molecule has 9 rings (SSSR count). The van der Waals surface area contributed by atoms with Crippen LogP contribution in [0.1, 0.15) is 40.2 Å². The summed E-state index contributed by atoms with van der Waals surface area (Å²) < 4.78 is 25.7. The Morgan fingerprint density at radius 3 is 2.03 bits per heavy atom. The Balaban J connectivity index is 1.26. The van der Waals surface area contributed by atoms with Gasteiger partial charge in [0.1, 0.15) is 11.6 Å². The van der Waals surface area contributed by atoms with Gasteiger partial charge in [0.15, 0.2) is 0 Å². The molecule has 0 amide bonds. The highest BCUT2D eigenvalue weighted by molar-refractivity contribution is 5.98. The van der Waals surface area contributed by atoms with E-state index in [1.165, 1.54) is 16.7 Å². The molecule has 0 fully saturated rings. The van der Waals surface area contributed by atoms with Crippen LogP contribution in [0.5, 0.6) is 5.75 Å². The molecule has 2 heterocycles. The van der Waals surface area contributed by atoms with Crippen LogP contribution in [0.15, 0.2) is 170 Å². The van der Waals surface area contributed by atoms with Crippen LogP contribution in [0, 0.1) is 26.6 Å². The first-order chi connectivity index (χ1) is 29.9. The lowest BCUT2D eigenvalue weighted by molar-refractivity contribution is 0.472. The van der Waals surface area contributed by atoms with Gasteiger partial charge in [-0.1, -0.05) is 129 Å². The first-order valence-electron chi connectivity index (χ1n) is 21.7. The van der Waals surface area contributed by atoms with Crippen LogP contribution in [0.3, 0.4) is 0 Å². The molecule has 0 aliphatic rings. The molecule has 59 heavy (non-hydrogen) atoms. The maximum Gasteiger partial charge on any atom is 0.149 e. The Hall–Kier alpha value is -7.04. The van der Waals surface area contributed by atoms with Crippen molar-refractivity contribution >= 4 is 11.0 Å². The van der Waals surface area contributed by atoms with Crippen molar-refractivity contribution in [3.63, 3.8) is 0 Å². The number of phenolic OH excluding ortho intramolecular Hbond substituents is 1. The molecule has 0 spiro atoms. The van der Waals surface area contributed by atoms with Crippen molar-refractivity contribution in [1.29, 1.82) is 0 Å². The molecule has 2 aromatic heterocycles. The second-order valence-corrected chi connectivity index (χ2v) is 15.9. The first kappa shape index (κ1) is 34.0. The number of fused-ring (bicyclic) bond motifs is 1. The van der Waals surface area contributed by atoms with E-state index in [4.69, 9.17) is 14.1 Å². The van der Waals surface area contributed by atoms with Crippen LogP contribution in [0.4, 0.5) is 0 Å². The van der Waals surface area contributed by atoms with Gasteiger partial charge in [-0.05, 0) is 143 Å². The number of hydrogen-bond acceptors (Lipinski definition) is 3. The van der Waals surface area contributed by atoms with E-state index in [0.29, 0.717) is 22.9 Å². The van der Waals surface area contributed by atoms with Crippen LogP contribution < -0.4 is 0 Å². The number of nitrogens with zero attached hydrogens (tertiary/aromatic N) is 3. The number of aryl methyl sites for hydroxylation is 3. The largest absolute Gasteiger partial charge is 0.507 e. The van der Waals surface area contributed by atoms with Crippen molar-refractivity contribution in [2.75, 3.05) is 0 Å². The second kappa shape index (κ2) is 15.7. The summed E-state index contributed by atoms with van der Waals surface area (Å²) in [6.07, 6.45) is 2.71. The third-order valence-corrected chi connectivity index (χ3v) is 11.1. The Morgan fingerprint density at radius 1 is 0.576 bits per heavy atom. The number of imidazole rings is 1. The number of phenols is 1. The normalized spacial score (nSPS) is 12.4. The predicted octanol–water partition coefficient (Wildman–Crippen LogP) is 14.3. The molecule has 1 N–H and O–H groups in total. The van der Waals surface area contributed by atoms with Crippen molar-refractivity contribution in [3.8, 4) is 78.6 Å². The van der Waals surface area contributed by atoms with Gasteiger partial charge in [0.05, 0.1) is 22.3 Å². The van der Waals surface area contributed by atoms with E-state index in [1.54, 1.807) is 18.3 Å². The molecule has 0 radical (unpaired) electrons. The molecule has 4 nitrogen and oxygen atoms in total. The summed E-state index contributed by atoms with van der Waals surface area (Å²) in [4.78, 5) is 10.3. The molecule has 0 aliphatic heterocycles. The van der Waals surface area contributed by atoms with Crippen molar-refractivity contribution < 1.29 is 9.22 Å². The highest BCUT2D eigenvalue weighted by atomic mass is 16.3. The minimum absolute atomic E-state index is 0.212. The first-order valence-corrected chi connectivity index (χ1v) is 20.2. The smallest absolute Gasteiger partial charge is 0.149 e. The standard InChI is InChI=1S/C55H47N3O/c1-35(2)27-44-33-47(23-24-48(44)41-15-10-7-11-16-41)58-52-18-12-17-49(53(52)57-55(58)50-29-37(4)28-38(5)54(50)59)45-30-43(39-13-8-6-9-14-39)31-46(32-45)51-34-42(25-26-56-51)40-21-19-36(3)20-22-40/h6-26,28-35,59H,27H2,1-5H3/i3D3. The summed E-state index contributed by atoms with van der Waals surface area (Å²) in [6, 6.07) is 55.6. The number of aromatic hydroxyl groups is 1. The summed E-state index contributed by atoms with van der Waals surface area (Å²) in [6.45, 7) is 6.32. The third kappa shape index (κ3) is 7.46. The van der Waals surface area contributed by atoms with Gasteiger partial charge in [0, 0.05) is 27.1 Å². The molecule has 0 saturated carbocycles. The number of para-hydroxylation sites is 1. The molecular formula is C55H47N3O. The zero-order valence-corrected chi connectivity index (χ0v) is 33.7. The highest BCUT2D eigenvalue weighted by Crippen LogP contribution is 2.42. The molecule has 288 valence electrons. The maximum atomic E-state index is 11.7. The van der Waals surface area contributed by atoms with E-state index in [9.17, 15) is 5.11 Å².